The van der Waals surface area contributed by atoms with Gasteiger partial charge in [0.2, 0.25) is 6.41 Å². The Hall–Kier alpha value is -2.37. The maximum Gasteiger partial charge on any atom is 0.255 e. The summed E-state index contributed by atoms with van der Waals surface area (Å²) in [4.78, 5) is 31.5. The first kappa shape index (κ1) is 14.6. The van der Waals surface area contributed by atoms with Gasteiger partial charge in [-0.25, -0.2) is 4.98 Å². The van der Waals surface area contributed by atoms with Crippen LogP contribution < -0.4 is 4.90 Å². The summed E-state index contributed by atoms with van der Waals surface area (Å²) in [5.74, 6) is 0.742. The minimum atomic E-state index is 0.0488. The second-order valence-electron chi connectivity index (χ2n) is 5.74. The van der Waals surface area contributed by atoms with E-state index in [-0.39, 0.29) is 5.91 Å². The summed E-state index contributed by atoms with van der Waals surface area (Å²) in [6, 6.07) is 3.63. The summed E-state index contributed by atoms with van der Waals surface area (Å²) in [5.41, 5.74) is 2.13. The Balaban J connectivity index is 2.01. The van der Waals surface area contributed by atoms with Gasteiger partial charge < -0.3 is 9.80 Å². The molecule has 3 heterocycles. The van der Waals surface area contributed by atoms with Crippen molar-refractivity contribution < 1.29 is 9.59 Å². The highest BCUT2D eigenvalue weighted by atomic mass is 16.2. The third kappa shape index (κ3) is 2.45. The van der Waals surface area contributed by atoms with Crippen molar-refractivity contribution in [2.24, 2.45) is 0 Å². The molecule has 0 spiro atoms. The molecule has 0 atom stereocenters. The first-order valence-corrected chi connectivity index (χ1v) is 7.58. The van der Waals surface area contributed by atoms with Crippen molar-refractivity contribution in [2.75, 3.05) is 25.0 Å². The SMILES string of the molecule is Cc1nc2ccc(C(=O)N3CCCCC3)cn2c1N(C)C=O. The second-order valence-corrected chi connectivity index (χ2v) is 5.74. The summed E-state index contributed by atoms with van der Waals surface area (Å²) in [6.45, 7) is 3.50. The van der Waals surface area contributed by atoms with Gasteiger partial charge in [-0.3, -0.25) is 14.0 Å². The standard InChI is InChI=1S/C16H20N4O2/c1-12-15(18(2)11-21)20-10-13(6-7-14(20)17-12)16(22)19-8-4-3-5-9-19/h6-7,10-11H,3-5,8-9H2,1-2H3. The number of amides is 2. The number of pyridine rings is 1. The van der Waals surface area contributed by atoms with Crippen LogP contribution in [0, 0.1) is 6.92 Å². The van der Waals surface area contributed by atoms with Crippen LogP contribution >= 0.6 is 0 Å². The van der Waals surface area contributed by atoms with Gasteiger partial charge in [-0.15, -0.1) is 0 Å². The fraction of sp³-hybridized carbons (Fsp3) is 0.438. The van der Waals surface area contributed by atoms with E-state index in [1.807, 2.05) is 24.0 Å². The average Bonchev–Trinajstić information content (AvgIpc) is 2.89. The molecule has 6 heteroatoms. The van der Waals surface area contributed by atoms with Crippen molar-refractivity contribution in [3.8, 4) is 0 Å². The lowest BCUT2D eigenvalue weighted by Crippen LogP contribution is -2.35. The number of carbonyl (C=O) groups is 2. The smallest absolute Gasteiger partial charge is 0.255 e. The fourth-order valence-electron chi connectivity index (χ4n) is 3.03. The molecule has 0 radical (unpaired) electrons. The van der Waals surface area contributed by atoms with E-state index in [9.17, 15) is 9.59 Å². The van der Waals surface area contributed by atoms with Gasteiger partial charge in [0, 0.05) is 26.3 Å². The zero-order valence-corrected chi connectivity index (χ0v) is 13.0. The molecule has 1 fully saturated rings. The summed E-state index contributed by atoms with van der Waals surface area (Å²) < 4.78 is 1.81. The van der Waals surface area contributed by atoms with E-state index in [4.69, 9.17) is 0 Å². The van der Waals surface area contributed by atoms with E-state index < -0.39 is 0 Å². The van der Waals surface area contributed by atoms with E-state index in [1.54, 1.807) is 17.6 Å². The quantitative estimate of drug-likeness (QED) is 0.813. The van der Waals surface area contributed by atoms with Crippen LogP contribution in [0.25, 0.3) is 5.65 Å². The lowest BCUT2D eigenvalue weighted by molar-refractivity contribution is -0.107. The number of carbonyl (C=O) groups excluding carboxylic acids is 2. The van der Waals surface area contributed by atoms with Crippen molar-refractivity contribution in [1.82, 2.24) is 14.3 Å². The molecule has 0 N–H and O–H groups in total. The van der Waals surface area contributed by atoms with Crippen molar-refractivity contribution in [2.45, 2.75) is 26.2 Å². The molecule has 0 unspecified atom stereocenters. The highest BCUT2D eigenvalue weighted by molar-refractivity contribution is 5.94. The molecule has 2 aromatic heterocycles. The number of imidazole rings is 1. The van der Waals surface area contributed by atoms with Gasteiger partial charge in [0.1, 0.15) is 11.5 Å². The van der Waals surface area contributed by atoms with Gasteiger partial charge in [-0.05, 0) is 38.3 Å². The van der Waals surface area contributed by atoms with Gasteiger partial charge in [0.25, 0.3) is 5.91 Å². The number of rotatable bonds is 3. The van der Waals surface area contributed by atoms with Crippen LogP contribution in [0.3, 0.4) is 0 Å². The molecule has 1 aliphatic rings. The molecule has 3 rings (SSSR count). The highest BCUT2D eigenvalue weighted by Gasteiger charge is 2.20. The fourth-order valence-corrected chi connectivity index (χ4v) is 3.03. The Morgan fingerprint density at radius 3 is 2.68 bits per heavy atom. The van der Waals surface area contributed by atoms with Crippen LogP contribution in [0.5, 0.6) is 0 Å². The largest absolute Gasteiger partial charge is 0.339 e. The molecule has 1 saturated heterocycles. The third-order valence-corrected chi connectivity index (χ3v) is 4.14. The Morgan fingerprint density at radius 2 is 2.00 bits per heavy atom. The predicted molar refractivity (Wildman–Crippen MR) is 84.2 cm³/mol. The van der Waals surface area contributed by atoms with E-state index in [2.05, 4.69) is 4.98 Å². The van der Waals surface area contributed by atoms with Crippen LogP contribution in [-0.4, -0.2) is 46.7 Å². The highest BCUT2D eigenvalue weighted by Crippen LogP contribution is 2.22. The van der Waals surface area contributed by atoms with Crippen molar-refractivity contribution in [3.63, 3.8) is 0 Å². The zero-order valence-electron chi connectivity index (χ0n) is 13.0. The maximum atomic E-state index is 12.6. The molecule has 2 amide bonds. The molecule has 1 aliphatic heterocycles. The Kier molecular flexibility index (Phi) is 3.83. The van der Waals surface area contributed by atoms with Gasteiger partial charge >= 0.3 is 0 Å². The zero-order chi connectivity index (χ0) is 15.7. The molecule has 0 saturated carbocycles. The number of piperidine rings is 1. The normalized spacial score (nSPS) is 15.1. The Bertz CT molecular complexity index is 716. The number of nitrogens with zero attached hydrogens (tertiary/aromatic N) is 4. The second kappa shape index (κ2) is 5.79. The molecule has 22 heavy (non-hydrogen) atoms. The number of aryl methyl sites for hydroxylation is 1. The van der Waals surface area contributed by atoms with Gasteiger partial charge in [0.15, 0.2) is 0 Å². The van der Waals surface area contributed by atoms with Crippen LogP contribution in [0.4, 0.5) is 5.82 Å². The molecular formula is C16H20N4O2. The number of likely N-dealkylation sites (tertiary alicyclic amines) is 1. The van der Waals surface area contributed by atoms with Gasteiger partial charge in [-0.2, -0.15) is 0 Å². The number of hydrogen-bond donors (Lipinski definition) is 0. The molecule has 2 aromatic rings. The first-order valence-electron chi connectivity index (χ1n) is 7.58. The van der Waals surface area contributed by atoms with E-state index >= 15 is 0 Å². The molecular weight excluding hydrogens is 280 g/mol. The minimum absolute atomic E-state index is 0.0488. The maximum absolute atomic E-state index is 12.6. The molecule has 0 aliphatic carbocycles. The third-order valence-electron chi connectivity index (χ3n) is 4.14. The van der Waals surface area contributed by atoms with Crippen molar-refractivity contribution in [3.05, 3.63) is 29.6 Å². The number of fused-ring (bicyclic) bond motifs is 1. The number of aromatic nitrogens is 2. The van der Waals surface area contributed by atoms with Crippen molar-refractivity contribution >= 4 is 23.8 Å². The van der Waals surface area contributed by atoms with Crippen LogP contribution in [0.15, 0.2) is 18.3 Å². The molecule has 0 bridgehead atoms. The van der Waals surface area contributed by atoms with Crippen LogP contribution in [-0.2, 0) is 4.79 Å². The predicted octanol–water partition coefficient (Wildman–Crippen LogP) is 1.86. The van der Waals surface area contributed by atoms with E-state index in [0.29, 0.717) is 11.4 Å². The average molecular weight is 300 g/mol. The van der Waals surface area contributed by atoms with Gasteiger partial charge in [-0.1, -0.05) is 0 Å². The Labute approximate surface area is 129 Å². The molecule has 6 nitrogen and oxygen atoms in total. The monoisotopic (exact) mass is 300 g/mol. The lowest BCUT2D eigenvalue weighted by Gasteiger charge is -2.26. The number of anilines is 1. The molecule has 116 valence electrons. The first-order chi connectivity index (χ1) is 10.6. The number of hydrogen-bond acceptors (Lipinski definition) is 3. The minimum Gasteiger partial charge on any atom is -0.339 e. The lowest BCUT2D eigenvalue weighted by atomic mass is 10.1. The topological polar surface area (TPSA) is 57.9 Å². The van der Waals surface area contributed by atoms with Crippen molar-refractivity contribution in [1.29, 1.82) is 0 Å². The van der Waals surface area contributed by atoms with Gasteiger partial charge in [0.05, 0.1) is 11.3 Å². The van der Waals surface area contributed by atoms with Crippen LogP contribution in [0.2, 0.25) is 0 Å². The summed E-state index contributed by atoms with van der Waals surface area (Å²) >= 11 is 0. The molecule has 0 aromatic carbocycles. The van der Waals surface area contributed by atoms with E-state index in [1.165, 1.54) is 11.3 Å². The summed E-state index contributed by atoms with van der Waals surface area (Å²) in [7, 11) is 1.68. The Morgan fingerprint density at radius 1 is 1.27 bits per heavy atom. The van der Waals surface area contributed by atoms with Crippen LogP contribution in [0.1, 0.15) is 35.3 Å². The van der Waals surface area contributed by atoms with E-state index in [0.717, 1.165) is 43.7 Å². The summed E-state index contributed by atoms with van der Waals surface area (Å²) in [6.07, 6.45) is 5.85. The summed E-state index contributed by atoms with van der Waals surface area (Å²) in [5, 5.41) is 0.